The third-order valence-electron chi connectivity index (χ3n) is 4.18. The third-order valence-corrected chi connectivity index (χ3v) is 5.20. The molecule has 0 fully saturated rings. The van der Waals surface area contributed by atoms with E-state index in [1.165, 1.54) is 39.6 Å². The molecule has 1 unspecified atom stereocenters. The predicted octanol–water partition coefficient (Wildman–Crippen LogP) is 6.63. The number of benzene rings is 2. The smallest absolute Gasteiger partial charge is 0.298 e. The van der Waals surface area contributed by atoms with Crippen molar-refractivity contribution in [2.45, 2.75) is 12.6 Å². The van der Waals surface area contributed by atoms with E-state index in [2.05, 4.69) is 26.4 Å². The fraction of sp³-hybridized carbons (Fsp3) is 0.100. The first-order valence-electron chi connectivity index (χ1n) is 8.49. The Kier molecular flexibility index (Phi) is 6.43. The van der Waals surface area contributed by atoms with Crippen LogP contribution in [0, 0.1) is 24.0 Å². The zero-order chi connectivity index (χ0) is 22.1. The van der Waals surface area contributed by atoms with Crippen LogP contribution in [-0.2, 0) is 0 Å². The number of aryl methyl sites for hydroxylation is 1. The van der Waals surface area contributed by atoms with E-state index < -0.39 is 23.0 Å². The summed E-state index contributed by atoms with van der Waals surface area (Å²) in [5, 5.41) is 14.0. The summed E-state index contributed by atoms with van der Waals surface area (Å²) in [5.74, 6) is -1.39. The van der Waals surface area contributed by atoms with Gasteiger partial charge in [0, 0.05) is 17.5 Å². The Hall–Kier alpha value is -2.51. The lowest BCUT2D eigenvalue weighted by Crippen LogP contribution is -2.20. The highest BCUT2D eigenvalue weighted by Gasteiger charge is 2.34. The summed E-state index contributed by atoms with van der Waals surface area (Å²) in [6, 6.07) is 9.38. The molecule has 1 heterocycles. The predicted molar refractivity (Wildman–Crippen MR) is 115 cm³/mol. The van der Waals surface area contributed by atoms with Crippen LogP contribution in [0.25, 0.3) is 16.8 Å². The summed E-state index contributed by atoms with van der Waals surface area (Å²) < 4.78 is 61.9. The molecule has 0 saturated carbocycles. The number of hydrogen-bond donors (Lipinski definition) is 2. The molecule has 0 amide bonds. The van der Waals surface area contributed by atoms with Gasteiger partial charge in [0.05, 0.1) is 10.0 Å². The molecule has 30 heavy (non-hydrogen) atoms. The van der Waals surface area contributed by atoms with E-state index in [1.54, 1.807) is 13.0 Å². The van der Waals surface area contributed by atoms with E-state index in [0.29, 0.717) is 11.8 Å². The molecule has 156 valence electrons. The van der Waals surface area contributed by atoms with E-state index >= 15 is 0 Å². The second-order valence-corrected chi connectivity index (χ2v) is 7.82. The van der Waals surface area contributed by atoms with Gasteiger partial charge in [-0.15, -0.1) is 0 Å². The highest BCUT2D eigenvalue weighted by atomic mass is 79.9. The highest BCUT2D eigenvalue weighted by Crippen LogP contribution is 2.41. The van der Waals surface area contributed by atoms with Gasteiger partial charge in [0.1, 0.15) is 23.0 Å². The van der Waals surface area contributed by atoms with Crippen LogP contribution >= 0.6 is 25.2 Å². The van der Waals surface area contributed by atoms with Crippen LogP contribution in [0.15, 0.2) is 57.2 Å². The standard InChI is InChI=1S/C20H15BrF4N3OP/c1-10-4-2-7-14(23)15(10)17-16(21)18(29-28-17)13(9-26)19(20(24,25)30)27-12-6-3-5-11(22)8-12/h2-9,26-27H,30H2,1H3/b19-13+,26-9?. The second kappa shape index (κ2) is 8.70. The number of alkyl halides is 2. The van der Waals surface area contributed by atoms with Crippen molar-refractivity contribution in [3.63, 3.8) is 0 Å². The number of aromatic nitrogens is 1. The van der Waals surface area contributed by atoms with Crippen molar-refractivity contribution in [2.75, 3.05) is 5.32 Å². The molecule has 3 rings (SSSR count). The lowest BCUT2D eigenvalue weighted by Gasteiger charge is -2.19. The van der Waals surface area contributed by atoms with Crippen molar-refractivity contribution >= 4 is 42.6 Å². The first kappa shape index (κ1) is 22.2. The molecule has 0 aliphatic heterocycles. The number of hydrogen-bond acceptors (Lipinski definition) is 4. The van der Waals surface area contributed by atoms with Gasteiger partial charge < -0.3 is 15.2 Å². The van der Waals surface area contributed by atoms with Crippen molar-refractivity contribution in [1.29, 1.82) is 5.41 Å². The molecule has 3 aromatic rings. The van der Waals surface area contributed by atoms with E-state index in [4.69, 9.17) is 9.93 Å². The Labute approximate surface area is 180 Å². The Morgan fingerprint density at radius 1 is 1.23 bits per heavy atom. The minimum Gasteiger partial charge on any atom is -0.354 e. The van der Waals surface area contributed by atoms with E-state index in [-0.39, 0.29) is 32.8 Å². The highest BCUT2D eigenvalue weighted by molar-refractivity contribution is 9.10. The minimum absolute atomic E-state index is 0.0484. The van der Waals surface area contributed by atoms with Gasteiger partial charge in [-0.1, -0.05) is 32.6 Å². The van der Waals surface area contributed by atoms with Gasteiger partial charge in [0.2, 0.25) is 0 Å². The topological polar surface area (TPSA) is 61.9 Å². The molecule has 0 aliphatic carbocycles. The lowest BCUT2D eigenvalue weighted by molar-refractivity contribution is 0.149. The summed E-state index contributed by atoms with van der Waals surface area (Å²) in [4.78, 5) is 0. The zero-order valence-corrected chi connectivity index (χ0v) is 18.2. The molecule has 10 heteroatoms. The molecule has 1 aromatic heterocycles. The number of allylic oxidation sites excluding steroid dienone is 2. The van der Waals surface area contributed by atoms with Gasteiger partial charge in [0.25, 0.3) is 5.66 Å². The number of nitrogens with one attached hydrogen (secondary N) is 2. The van der Waals surface area contributed by atoms with Crippen LogP contribution in [0.3, 0.4) is 0 Å². The zero-order valence-electron chi connectivity index (χ0n) is 15.4. The van der Waals surface area contributed by atoms with Crippen molar-refractivity contribution in [3.05, 3.63) is 75.6 Å². The molecule has 0 saturated heterocycles. The van der Waals surface area contributed by atoms with Crippen LogP contribution in [-0.4, -0.2) is 17.0 Å². The minimum atomic E-state index is -3.53. The summed E-state index contributed by atoms with van der Waals surface area (Å²) in [6.45, 7) is 1.67. The van der Waals surface area contributed by atoms with Crippen molar-refractivity contribution in [3.8, 4) is 11.3 Å². The van der Waals surface area contributed by atoms with E-state index in [0.717, 1.165) is 6.07 Å². The van der Waals surface area contributed by atoms with Gasteiger partial charge >= 0.3 is 0 Å². The van der Waals surface area contributed by atoms with Crippen molar-refractivity contribution < 1.29 is 22.1 Å². The van der Waals surface area contributed by atoms with Crippen LogP contribution < -0.4 is 5.32 Å². The Morgan fingerprint density at radius 2 is 1.93 bits per heavy atom. The van der Waals surface area contributed by atoms with Crippen LogP contribution in [0.4, 0.5) is 23.2 Å². The molecule has 0 aliphatic rings. The van der Waals surface area contributed by atoms with Gasteiger partial charge in [-0.2, -0.15) is 8.78 Å². The van der Waals surface area contributed by atoms with Crippen LogP contribution in [0.5, 0.6) is 0 Å². The molecule has 0 bridgehead atoms. The monoisotopic (exact) mass is 499 g/mol. The maximum atomic E-state index is 14.4. The van der Waals surface area contributed by atoms with Gasteiger partial charge in [-0.05, 0) is 52.7 Å². The average molecular weight is 500 g/mol. The van der Waals surface area contributed by atoms with Gasteiger partial charge in [-0.25, -0.2) is 8.78 Å². The number of anilines is 1. The molecule has 2 N–H and O–H groups in total. The summed E-state index contributed by atoms with van der Waals surface area (Å²) >= 11 is 3.23. The third kappa shape index (κ3) is 4.47. The van der Waals surface area contributed by atoms with Crippen molar-refractivity contribution in [1.82, 2.24) is 5.16 Å². The molecule has 0 radical (unpaired) electrons. The maximum absolute atomic E-state index is 14.4. The van der Waals surface area contributed by atoms with E-state index in [1.807, 2.05) is 0 Å². The SMILES string of the molecule is Cc1cccc(F)c1-c1noc(/C(C=N)=C(/Nc2cccc(F)c2)C(F)(F)P)c1Br. The Morgan fingerprint density at radius 3 is 2.53 bits per heavy atom. The average Bonchev–Trinajstić information content (AvgIpc) is 3.02. The summed E-state index contributed by atoms with van der Waals surface area (Å²) in [5.41, 5.74) is -3.80. The van der Waals surface area contributed by atoms with Crippen molar-refractivity contribution in [2.24, 2.45) is 0 Å². The molecule has 0 spiro atoms. The maximum Gasteiger partial charge on any atom is 0.298 e. The summed E-state index contributed by atoms with van der Waals surface area (Å²) in [7, 11) is 1.36. The Bertz CT molecular complexity index is 1120. The second-order valence-electron chi connectivity index (χ2n) is 6.30. The molecule has 1 atom stereocenters. The molecule has 2 aromatic carbocycles. The fourth-order valence-electron chi connectivity index (χ4n) is 2.83. The van der Waals surface area contributed by atoms with Crippen LogP contribution in [0.2, 0.25) is 0 Å². The first-order chi connectivity index (χ1) is 14.1. The number of halogens is 5. The number of nitrogens with zero attached hydrogens (tertiary/aromatic N) is 1. The quantitative estimate of drug-likeness (QED) is 0.227. The molecular weight excluding hydrogens is 485 g/mol. The normalized spacial score (nSPS) is 12.5. The summed E-state index contributed by atoms with van der Waals surface area (Å²) in [6.07, 6.45) is 0.656. The van der Waals surface area contributed by atoms with Crippen LogP contribution in [0.1, 0.15) is 11.3 Å². The van der Waals surface area contributed by atoms with E-state index in [9.17, 15) is 17.6 Å². The molecule has 4 nitrogen and oxygen atoms in total. The number of rotatable bonds is 6. The molecular formula is C20H15BrF4N3OP. The first-order valence-corrected chi connectivity index (χ1v) is 9.86. The largest absolute Gasteiger partial charge is 0.354 e. The lowest BCUT2D eigenvalue weighted by atomic mass is 10.0. The van der Waals surface area contributed by atoms with Gasteiger partial charge in [0.15, 0.2) is 5.76 Å². The fourth-order valence-corrected chi connectivity index (χ4v) is 3.61. The Balaban J connectivity index is 2.18. The van der Waals surface area contributed by atoms with Gasteiger partial charge in [-0.3, -0.25) is 0 Å².